The number of ether oxygens (including phenoxy) is 4. The van der Waals surface area contributed by atoms with Crippen LogP contribution in [0.1, 0.15) is 26.7 Å². The Balaban J connectivity index is 1.81. The summed E-state index contributed by atoms with van der Waals surface area (Å²) < 4.78 is 20.9. The molecule has 0 atom stereocenters. The minimum atomic E-state index is -0.574. The molecule has 0 aromatic heterocycles. The van der Waals surface area contributed by atoms with Crippen molar-refractivity contribution in [2.24, 2.45) is 0 Å². The lowest BCUT2D eigenvalue weighted by Gasteiger charge is -2.12. The second-order valence-corrected chi connectivity index (χ2v) is 9.05. The smallest absolute Gasteiger partial charge is 0.338 e. The largest absolute Gasteiger partial charge is 0.462 e. The lowest BCUT2D eigenvalue weighted by molar-refractivity contribution is -0.142. The fourth-order valence-electron chi connectivity index (χ4n) is 3.42. The van der Waals surface area contributed by atoms with E-state index in [0.717, 1.165) is 22.3 Å². The van der Waals surface area contributed by atoms with E-state index in [1.165, 1.54) is 6.92 Å². The number of aliphatic hydroxyl groups excluding tert-OH is 1. The van der Waals surface area contributed by atoms with E-state index in [1.54, 1.807) is 67.6 Å². The van der Waals surface area contributed by atoms with Crippen LogP contribution >= 0.6 is 0 Å². The summed E-state index contributed by atoms with van der Waals surface area (Å²) in [7, 11) is 0. The van der Waals surface area contributed by atoms with Crippen LogP contribution in [0.2, 0.25) is 0 Å². The number of esters is 4. The molecule has 41 heavy (non-hydrogen) atoms. The highest BCUT2D eigenvalue weighted by molar-refractivity contribution is 5.89. The molecular formula is C32H30O9. The summed E-state index contributed by atoms with van der Waals surface area (Å²) in [5, 5.41) is 8.89. The van der Waals surface area contributed by atoms with Crippen molar-refractivity contribution in [3.8, 4) is 39.5 Å². The van der Waals surface area contributed by atoms with Crippen molar-refractivity contribution in [3.05, 3.63) is 91.0 Å². The quantitative estimate of drug-likeness (QED) is 0.181. The Labute approximate surface area is 237 Å². The van der Waals surface area contributed by atoms with Crippen LogP contribution < -0.4 is 14.2 Å². The van der Waals surface area contributed by atoms with E-state index in [4.69, 9.17) is 24.1 Å². The van der Waals surface area contributed by atoms with Gasteiger partial charge in [-0.15, -0.1) is 0 Å². The Kier molecular flexibility index (Phi) is 10.7. The Morgan fingerprint density at radius 1 is 0.610 bits per heavy atom. The van der Waals surface area contributed by atoms with Crippen LogP contribution in [0.4, 0.5) is 0 Å². The molecule has 0 fully saturated rings. The monoisotopic (exact) mass is 558 g/mol. The summed E-state index contributed by atoms with van der Waals surface area (Å²) in [6.45, 7) is 9.75. The number of hydrogen-bond donors (Lipinski definition) is 1. The molecule has 0 aliphatic rings. The average molecular weight is 559 g/mol. The number of carbonyl (C=O) groups excluding carboxylic acids is 4. The van der Waals surface area contributed by atoms with Crippen LogP contribution in [0.3, 0.4) is 0 Å². The van der Waals surface area contributed by atoms with Gasteiger partial charge in [-0.1, -0.05) is 37.4 Å². The maximum Gasteiger partial charge on any atom is 0.338 e. The fraction of sp³-hybridized carbons (Fsp3) is 0.188. The van der Waals surface area contributed by atoms with E-state index >= 15 is 0 Å². The van der Waals surface area contributed by atoms with Gasteiger partial charge in [0, 0.05) is 11.1 Å². The second kappa shape index (κ2) is 14.4. The predicted octanol–water partition coefficient (Wildman–Crippen LogP) is 5.20. The van der Waals surface area contributed by atoms with Crippen molar-refractivity contribution < 1.29 is 43.2 Å². The van der Waals surface area contributed by atoms with Crippen molar-refractivity contribution in [1.29, 1.82) is 0 Å². The van der Waals surface area contributed by atoms with Gasteiger partial charge < -0.3 is 24.1 Å². The topological polar surface area (TPSA) is 125 Å². The zero-order chi connectivity index (χ0) is 29.9. The highest BCUT2D eigenvalue weighted by Crippen LogP contribution is 2.33. The molecule has 3 aromatic carbocycles. The third-order valence-corrected chi connectivity index (χ3v) is 5.51. The first-order valence-electron chi connectivity index (χ1n) is 12.6. The molecule has 0 aliphatic heterocycles. The Bertz CT molecular complexity index is 1450. The van der Waals surface area contributed by atoms with Gasteiger partial charge in [0.05, 0.1) is 19.4 Å². The summed E-state index contributed by atoms with van der Waals surface area (Å²) in [6, 6.07) is 18.8. The van der Waals surface area contributed by atoms with Crippen molar-refractivity contribution in [2.75, 3.05) is 13.2 Å². The third-order valence-electron chi connectivity index (χ3n) is 5.51. The summed E-state index contributed by atoms with van der Waals surface area (Å²) in [5.74, 6) is -1.32. The molecule has 0 bridgehead atoms. The van der Waals surface area contributed by atoms with Gasteiger partial charge in [-0.25, -0.2) is 9.59 Å². The summed E-state index contributed by atoms with van der Waals surface area (Å²) in [6.07, 6.45) is -0.218. The highest BCUT2D eigenvalue weighted by atomic mass is 16.6. The van der Waals surface area contributed by atoms with Crippen molar-refractivity contribution >= 4 is 23.9 Å². The van der Waals surface area contributed by atoms with Gasteiger partial charge in [0.25, 0.3) is 0 Å². The molecule has 9 nitrogen and oxygen atoms in total. The zero-order valence-corrected chi connectivity index (χ0v) is 22.8. The van der Waals surface area contributed by atoms with Crippen molar-refractivity contribution in [2.45, 2.75) is 26.7 Å². The van der Waals surface area contributed by atoms with Crippen molar-refractivity contribution in [3.63, 3.8) is 0 Å². The van der Waals surface area contributed by atoms with E-state index in [-0.39, 0.29) is 37.2 Å². The number of aliphatic hydroxyl groups is 1. The Hall–Kier alpha value is -5.02. The molecule has 0 spiro atoms. The first kappa shape index (κ1) is 30.5. The Morgan fingerprint density at radius 2 is 1.07 bits per heavy atom. The molecule has 212 valence electrons. The lowest BCUT2D eigenvalue weighted by atomic mass is 9.98. The molecule has 0 radical (unpaired) electrons. The van der Waals surface area contributed by atoms with E-state index in [2.05, 4.69) is 13.2 Å². The van der Waals surface area contributed by atoms with Gasteiger partial charge in [0.2, 0.25) is 0 Å². The van der Waals surface area contributed by atoms with Crippen LogP contribution in [-0.4, -0.2) is 42.2 Å². The van der Waals surface area contributed by atoms with Crippen LogP contribution in [0, 0.1) is 0 Å². The SMILES string of the molecule is C=C(C)C(=O)OCCC(=O)Oc1ccc(-c2cc(OC(=O)C(=C)C)cc(-c3ccc(OC(=O)CCO)cc3)c2)cc1. The second-order valence-electron chi connectivity index (χ2n) is 9.05. The molecule has 0 aliphatic carbocycles. The maximum absolute atomic E-state index is 12.2. The highest BCUT2D eigenvalue weighted by Gasteiger charge is 2.13. The summed E-state index contributed by atoms with van der Waals surface area (Å²) in [4.78, 5) is 47.4. The zero-order valence-electron chi connectivity index (χ0n) is 22.8. The minimum absolute atomic E-state index is 0.107. The normalized spacial score (nSPS) is 10.3. The Morgan fingerprint density at radius 3 is 1.51 bits per heavy atom. The van der Waals surface area contributed by atoms with Gasteiger partial charge >= 0.3 is 23.9 Å². The summed E-state index contributed by atoms with van der Waals surface area (Å²) >= 11 is 0. The predicted molar refractivity (Wildman–Crippen MR) is 151 cm³/mol. The molecule has 3 rings (SSSR count). The van der Waals surface area contributed by atoms with Gasteiger partial charge in [-0.3, -0.25) is 9.59 Å². The first-order valence-corrected chi connectivity index (χ1v) is 12.6. The molecule has 1 N–H and O–H groups in total. The van der Waals surface area contributed by atoms with Crippen LogP contribution in [0.15, 0.2) is 91.0 Å². The molecule has 0 unspecified atom stereocenters. The van der Waals surface area contributed by atoms with E-state index in [1.807, 2.05) is 6.07 Å². The number of carbonyl (C=O) groups is 4. The van der Waals surface area contributed by atoms with Gasteiger partial charge in [-0.2, -0.15) is 0 Å². The average Bonchev–Trinajstić information content (AvgIpc) is 2.93. The van der Waals surface area contributed by atoms with E-state index < -0.39 is 23.9 Å². The molecular weight excluding hydrogens is 528 g/mol. The van der Waals surface area contributed by atoms with E-state index in [0.29, 0.717) is 17.2 Å². The third kappa shape index (κ3) is 9.29. The fourth-order valence-corrected chi connectivity index (χ4v) is 3.42. The van der Waals surface area contributed by atoms with Crippen LogP contribution in [-0.2, 0) is 23.9 Å². The van der Waals surface area contributed by atoms with Gasteiger partial charge in [-0.05, 0) is 78.6 Å². The standard InChI is InChI=1S/C32H30O9/c1-20(2)31(36)38-16-14-30(35)40-27-11-7-23(8-12-27)25-17-24(18-28(19-25)41-32(37)21(3)4)22-5-9-26(10-6-22)39-29(34)13-15-33/h5-12,17-19,33H,1,3,13-16H2,2,4H3. The number of hydrogen-bond acceptors (Lipinski definition) is 9. The van der Waals surface area contributed by atoms with E-state index in [9.17, 15) is 19.2 Å². The molecule has 0 saturated heterocycles. The number of benzene rings is 3. The molecule has 0 saturated carbocycles. The van der Waals surface area contributed by atoms with Crippen molar-refractivity contribution in [1.82, 2.24) is 0 Å². The first-order chi connectivity index (χ1) is 19.5. The lowest BCUT2D eigenvalue weighted by Crippen LogP contribution is -2.14. The summed E-state index contributed by atoms with van der Waals surface area (Å²) in [5.41, 5.74) is 3.44. The minimum Gasteiger partial charge on any atom is -0.462 e. The molecule has 3 aromatic rings. The van der Waals surface area contributed by atoms with Gasteiger partial charge in [0.1, 0.15) is 23.9 Å². The van der Waals surface area contributed by atoms with Crippen LogP contribution in [0.25, 0.3) is 22.3 Å². The van der Waals surface area contributed by atoms with Gasteiger partial charge in [0.15, 0.2) is 0 Å². The maximum atomic E-state index is 12.2. The number of rotatable bonds is 12. The molecule has 0 heterocycles. The molecule has 0 amide bonds. The van der Waals surface area contributed by atoms with Crippen LogP contribution in [0.5, 0.6) is 17.2 Å². The molecule has 9 heteroatoms.